The summed E-state index contributed by atoms with van der Waals surface area (Å²) in [4.78, 5) is 32.1. The van der Waals surface area contributed by atoms with E-state index < -0.39 is 0 Å². The van der Waals surface area contributed by atoms with Crippen molar-refractivity contribution in [2.24, 2.45) is 11.8 Å². The van der Waals surface area contributed by atoms with Gasteiger partial charge in [-0.2, -0.15) is 0 Å². The number of amides is 2. The van der Waals surface area contributed by atoms with Gasteiger partial charge in [-0.15, -0.1) is 11.8 Å². The van der Waals surface area contributed by atoms with Crippen molar-refractivity contribution in [1.82, 2.24) is 5.32 Å². The number of hydrogen-bond donors (Lipinski definition) is 1. The maximum atomic E-state index is 13.8. The summed E-state index contributed by atoms with van der Waals surface area (Å²) in [5.41, 5.74) is 3.13. The third-order valence-electron chi connectivity index (χ3n) is 7.62. The van der Waals surface area contributed by atoms with Crippen LogP contribution in [0.2, 0.25) is 0 Å². The minimum absolute atomic E-state index is 0.0434. The van der Waals surface area contributed by atoms with Crippen molar-refractivity contribution in [3.63, 3.8) is 0 Å². The molecule has 5 rings (SSSR count). The third-order valence-corrected chi connectivity index (χ3v) is 9.50. The van der Waals surface area contributed by atoms with Crippen molar-refractivity contribution in [1.29, 1.82) is 0 Å². The van der Waals surface area contributed by atoms with Gasteiger partial charge in [-0.05, 0) is 72.5 Å². The van der Waals surface area contributed by atoms with Gasteiger partial charge in [-0.3, -0.25) is 9.59 Å². The lowest BCUT2D eigenvalue weighted by Gasteiger charge is -2.34. The molecule has 0 aromatic heterocycles. The summed E-state index contributed by atoms with van der Waals surface area (Å²) in [6.07, 6.45) is 5.44. The predicted molar refractivity (Wildman–Crippen MR) is 149 cm³/mol. The van der Waals surface area contributed by atoms with Crippen LogP contribution in [0.15, 0.2) is 81.4 Å². The molecule has 1 saturated carbocycles. The van der Waals surface area contributed by atoms with Gasteiger partial charge in [0.05, 0.1) is 17.8 Å². The molecule has 3 aromatic rings. The van der Waals surface area contributed by atoms with E-state index in [-0.39, 0.29) is 17.9 Å². The molecular formula is C30H32N2O2S2. The minimum Gasteiger partial charge on any atom is -0.349 e. The predicted octanol–water partition coefficient (Wildman–Crippen LogP) is 7.27. The molecule has 1 N–H and O–H groups in total. The van der Waals surface area contributed by atoms with Crippen LogP contribution in [0, 0.1) is 11.8 Å². The van der Waals surface area contributed by atoms with Crippen LogP contribution in [0.3, 0.4) is 0 Å². The van der Waals surface area contributed by atoms with E-state index in [0.717, 1.165) is 33.9 Å². The number of fused-ring (bicyclic) bond motifs is 2. The van der Waals surface area contributed by atoms with Crippen molar-refractivity contribution in [3.05, 3.63) is 83.4 Å². The zero-order chi connectivity index (χ0) is 25.2. The van der Waals surface area contributed by atoms with Gasteiger partial charge in [0, 0.05) is 26.3 Å². The molecule has 1 heterocycles. The molecule has 4 nitrogen and oxygen atoms in total. The van der Waals surface area contributed by atoms with Gasteiger partial charge >= 0.3 is 0 Å². The zero-order valence-corrected chi connectivity index (χ0v) is 22.6. The minimum atomic E-state index is -0.0627. The first-order chi connectivity index (χ1) is 17.4. The molecule has 1 fully saturated rings. The second-order valence-electron chi connectivity index (χ2n) is 9.87. The Labute approximate surface area is 222 Å². The Balaban J connectivity index is 1.49. The maximum absolute atomic E-state index is 13.8. The topological polar surface area (TPSA) is 49.4 Å². The van der Waals surface area contributed by atoms with Crippen molar-refractivity contribution in [2.75, 3.05) is 11.2 Å². The van der Waals surface area contributed by atoms with E-state index in [9.17, 15) is 9.59 Å². The number of rotatable bonds is 5. The highest BCUT2D eigenvalue weighted by Gasteiger charge is 2.30. The van der Waals surface area contributed by atoms with Crippen molar-refractivity contribution < 1.29 is 9.59 Å². The lowest BCUT2D eigenvalue weighted by molar-refractivity contribution is 0.0889. The van der Waals surface area contributed by atoms with E-state index in [1.165, 1.54) is 11.3 Å². The van der Waals surface area contributed by atoms with Crippen LogP contribution in [-0.4, -0.2) is 24.1 Å². The number of thioether (sulfide) groups is 1. The Morgan fingerprint density at radius 2 is 1.81 bits per heavy atom. The van der Waals surface area contributed by atoms with E-state index in [2.05, 4.69) is 49.7 Å². The molecule has 1 aliphatic heterocycles. The van der Waals surface area contributed by atoms with Gasteiger partial charge in [0.1, 0.15) is 0 Å². The van der Waals surface area contributed by atoms with Crippen LogP contribution in [0.1, 0.15) is 59.4 Å². The van der Waals surface area contributed by atoms with E-state index >= 15 is 0 Å². The SMILES string of the molecule is CSc1ccc(CN2C(=O)c3ccccc3Sc3ccc(C(=O)N[C@@H]4CCC[C@H](C)[C@@H]4C)cc32)cc1. The number of carbonyl (C=O) groups is 2. The average molecular weight is 517 g/mol. The Morgan fingerprint density at radius 1 is 1.03 bits per heavy atom. The van der Waals surface area contributed by atoms with Crippen molar-refractivity contribution in [2.45, 2.75) is 60.4 Å². The monoisotopic (exact) mass is 516 g/mol. The van der Waals surface area contributed by atoms with Gasteiger partial charge in [-0.1, -0.05) is 62.7 Å². The van der Waals surface area contributed by atoms with Crippen LogP contribution in [0.5, 0.6) is 0 Å². The Bertz CT molecular complexity index is 1270. The molecule has 186 valence electrons. The maximum Gasteiger partial charge on any atom is 0.259 e. The highest BCUT2D eigenvalue weighted by atomic mass is 32.2. The first kappa shape index (κ1) is 25.0. The summed E-state index contributed by atoms with van der Waals surface area (Å²) in [5.74, 6) is 0.956. The van der Waals surface area contributed by atoms with Crippen LogP contribution in [-0.2, 0) is 6.54 Å². The summed E-state index contributed by atoms with van der Waals surface area (Å²) < 4.78 is 0. The fourth-order valence-electron chi connectivity index (χ4n) is 5.17. The molecule has 2 amide bonds. The van der Waals surface area contributed by atoms with Gasteiger partial charge < -0.3 is 10.2 Å². The number of nitrogens with zero attached hydrogens (tertiary/aromatic N) is 1. The fourth-order valence-corrected chi connectivity index (χ4v) is 6.64. The third kappa shape index (κ3) is 5.07. The Morgan fingerprint density at radius 3 is 2.58 bits per heavy atom. The summed E-state index contributed by atoms with van der Waals surface area (Å²) in [6.45, 7) is 4.95. The largest absolute Gasteiger partial charge is 0.349 e. The summed E-state index contributed by atoms with van der Waals surface area (Å²) >= 11 is 3.28. The average Bonchev–Trinajstić information content (AvgIpc) is 3.01. The molecule has 2 aliphatic rings. The Hall–Kier alpha value is -2.70. The number of nitrogens with one attached hydrogen (secondary N) is 1. The number of carbonyl (C=O) groups excluding carboxylic acids is 2. The summed E-state index contributed by atoms with van der Waals surface area (Å²) in [6, 6.07) is 22.0. The standard InChI is InChI=1S/C30H32N2O2S2/c1-19-7-6-9-25(20(19)2)31-29(33)22-13-16-28-26(17-22)32(18-21-11-14-23(35-3)15-12-21)30(34)24-8-4-5-10-27(24)36-28/h4-5,8,10-17,19-20,25H,6-7,9,18H2,1-3H3,(H,31,33)/t19-,20-,25+/m0/s1. The second kappa shape index (κ2) is 10.7. The quantitative estimate of drug-likeness (QED) is 0.362. The molecule has 0 bridgehead atoms. The molecule has 6 heteroatoms. The number of hydrogen-bond acceptors (Lipinski definition) is 4. The normalized spacial score (nSPS) is 21.4. The lowest BCUT2D eigenvalue weighted by atomic mass is 9.78. The summed E-state index contributed by atoms with van der Waals surface area (Å²) in [7, 11) is 0. The van der Waals surface area contributed by atoms with Gasteiger partial charge in [0.2, 0.25) is 0 Å². The molecule has 1 aliphatic carbocycles. The molecule has 3 atom stereocenters. The van der Waals surface area contributed by atoms with Gasteiger partial charge in [0.15, 0.2) is 0 Å². The van der Waals surface area contributed by atoms with Crippen molar-refractivity contribution in [3.8, 4) is 0 Å². The number of anilines is 1. The zero-order valence-electron chi connectivity index (χ0n) is 21.0. The van der Waals surface area contributed by atoms with Gasteiger partial charge in [-0.25, -0.2) is 0 Å². The first-order valence-electron chi connectivity index (χ1n) is 12.6. The lowest BCUT2D eigenvalue weighted by Crippen LogP contribution is -2.43. The fraction of sp³-hybridized carbons (Fsp3) is 0.333. The highest BCUT2D eigenvalue weighted by Crippen LogP contribution is 2.42. The summed E-state index contributed by atoms with van der Waals surface area (Å²) in [5, 5.41) is 3.29. The van der Waals surface area contributed by atoms with E-state index in [1.807, 2.05) is 47.4 Å². The van der Waals surface area contributed by atoms with Crippen LogP contribution < -0.4 is 10.2 Å². The molecule has 0 spiro atoms. The van der Waals surface area contributed by atoms with Crippen LogP contribution >= 0.6 is 23.5 Å². The van der Waals surface area contributed by atoms with Crippen LogP contribution in [0.25, 0.3) is 0 Å². The van der Waals surface area contributed by atoms with E-state index in [0.29, 0.717) is 29.5 Å². The van der Waals surface area contributed by atoms with E-state index in [1.54, 1.807) is 23.5 Å². The Kier molecular flexibility index (Phi) is 7.44. The molecule has 0 saturated heterocycles. The van der Waals surface area contributed by atoms with E-state index in [4.69, 9.17) is 0 Å². The second-order valence-corrected chi connectivity index (χ2v) is 11.8. The van der Waals surface area contributed by atoms with Gasteiger partial charge in [0.25, 0.3) is 11.8 Å². The highest BCUT2D eigenvalue weighted by molar-refractivity contribution is 7.99. The van der Waals surface area contributed by atoms with Crippen molar-refractivity contribution >= 4 is 41.0 Å². The van der Waals surface area contributed by atoms with Crippen LogP contribution in [0.4, 0.5) is 5.69 Å². The smallest absolute Gasteiger partial charge is 0.259 e. The first-order valence-corrected chi connectivity index (χ1v) is 14.7. The molecule has 0 unspecified atom stereocenters. The molecule has 0 radical (unpaired) electrons. The molecule has 36 heavy (non-hydrogen) atoms. The molecular weight excluding hydrogens is 484 g/mol. The molecule has 3 aromatic carbocycles. The number of benzene rings is 3.